The van der Waals surface area contributed by atoms with Crippen molar-refractivity contribution in [2.45, 2.75) is 12.8 Å². The largest absolute Gasteiger partial charge is 0.488 e. The highest BCUT2D eigenvalue weighted by Crippen LogP contribution is 2.31. The van der Waals surface area contributed by atoms with E-state index in [-0.39, 0.29) is 17.1 Å². The van der Waals surface area contributed by atoms with Crippen LogP contribution in [0.5, 0.6) is 5.75 Å². The summed E-state index contributed by atoms with van der Waals surface area (Å²) in [5.74, 6) is -1.50. The lowest BCUT2D eigenvalue weighted by molar-refractivity contribution is -0.136. The molecule has 0 aromatic heterocycles. The molecular formula is C10H10BFO4. The topological polar surface area (TPSA) is 66.8 Å². The van der Waals surface area contributed by atoms with Crippen molar-refractivity contribution in [3.8, 4) is 5.75 Å². The average molecular weight is 224 g/mol. The summed E-state index contributed by atoms with van der Waals surface area (Å²) in [6.07, 6.45) is 1.57. The predicted molar refractivity (Wildman–Crippen MR) is 54.6 cm³/mol. The summed E-state index contributed by atoms with van der Waals surface area (Å²) in [6, 6.07) is 3.44. The fourth-order valence-electron chi connectivity index (χ4n) is 1.27. The van der Waals surface area contributed by atoms with Crippen LogP contribution >= 0.6 is 0 Å². The minimum atomic E-state index is -1.73. The molecular weight excluding hydrogens is 214 g/mol. The van der Waals surface area contributed by atoms with Crippen LogP contribution in [-0.4, -0.2) is 23.1 Å². The van der Waals surface area contributed by atoms with Gasteiger partial charge in [-0.3, -0.25) is 4.79 Å². The van der Waals surface area contributed by atoms with Gasteiger partial charge in [0.05, 0.1) is 5.92 Å². The van der Waals surface area contributed by atoms with Crippen LogP contribution in [0, 0.1) is 11.7 Å². The second-order valence-electron chi connectivity index (χ2n) is 3.76. The highest BCUT2D eigenvalue weighted by molar-refractivity contribution is 6.58. The quantitative estimate of drug-likeness (QED) is 0.424. The third-order valence-electron chi connectivity index (χ3n) is 2.38. The first-order chi connectivity index (χ1) is 7.58. The van der Waals surface area contributed by atoms with Gasteiger partial charge in [0.1, 0.15) is 0 Å². The van der Waals surface area contributed by atoms with Gasteiger partial charge in [-0.15, -0.1) is 0 Å². The van der Waals surface area contributed by atoms with E-state index in [2.05, 4.69) is 0 Å². The van der Waals surface area contributed by atoms with Crippen molar-refractivity contribution in [3.63, 3.8) is 0 Å². The van der Waals surface area contributed by atoms with Gasteiger partial charge in [-0.1, -0.05) is 6.07 Å². The second kappa shape index (κ2) is 4.23. The van der Waals surface area contributed by atoms with Crippen molar-refractivity contribution >= 4 is 18.6 Å². The Hall–Kier alpha value is -1.40. The highest BCUT2D eigenvalue weighted by Gasteiger charge is 2.32. The first-order valence-electron chi connectivity index (χ1n) is 4.95. The Morgan fingerprint density at radius 2 is 2.12 bits per heavy atom. The van der Waals surface area contributed by atoms with Gasteiger partial charge < -0.3 is 14.8 Å². The Labute approximate surface area is 91.8 Å². The van der Waals surface area contributed by atoms with Gasteiger partial charge in [0.25, 0.3) is 0 Å². The Bertz CT molecular complexity index is 417. The van der Waals surface area contributed by atoms with E-state index in [9.17, 15) is 9.18 Å². The van der Waals surface area contributed by atoms with Crippen LogP contribution in [0.25, 0.3) is 0 Å². The molecule has 2 N–H and O–H groups in total. The van der Waals surface area contributed by atoms with Crippen molar-refractivity contribution in [3.05, 3.63) is 24.0 Å². The number of ether oxygens (including phenoxy) is 1. The Morgan fingerprint density at radius 3 is 2.62 bits per heavy atom. The number of carbonyl (C=O) groups is 1. The highest BCUT2D eigenvalue weighted by atomic mass is 19.1. The summed E-state index contributed by atoms with van der Waals surface area (Å²) in [7, 11) is -1.73. The Balaban J connectivity index is 2.12. The molecule has 84 valence electrons. The number of hydrogen-bond acceptors (Lipinski definition) is 4. The van der Waals surface area contributed by atoms with E-state index >= 15 is 0 Å². The summed E-state index contributed by atoms with van der Waals surface area (Å²) < 4.78 is 18.2. The maximum atomic E-state index is 13.4. The van der Waals surface area contributed by atoms with Crippen molar-refractivity contribution < 1.29 is 24.0 Å². The number of benzene rings is 1. The molecule has 0 atom stereocenters. The van der Waals surface area contributed by atoms with Gasteiger partial charge in [0.2, 0.25) is 0 Å². The smallest absolute Gasteiger partial charge is 0.423 e. The number of rotatable bonds is 3. The van der Waals surface area contributed by atoms with Crippen LogP contribution in [0.1, 0.15) is 12.8 Å². The maximum absolute atomic E-state index is 13.4. The monoisotopic (exact) mass is 224 g/mol. The van der Waals surface area contributed by atoms with Crippen LogP contribution < -0.4 is 10.2 Å². The molecule has 0 heterocycles. The zero-order valence-corrected chi connectivity index (χ0v) is 8.39. The molecule has 0 bridgehead atoms. The van der Waals surface area contributed by atoms with E-state index in [1.807, 2.05) is 0 Å². The Morgan fingerprint density at radius 1 is 1.44 bits per heavy atom. The molecule has 0 amide bonds. The zero-order chi connectivity index (χ0) is 11.7. The number of halogens is 1. The maximum Gasteiger partial charge on any atom is 0.488 e. The van der Waals surface area contributed by atoms with Crippen LogP contribution in [0.4, 0.5) is 4.39 Å². The molecule has 0 radical (unpaired) electrons. The molecule has 1 aromatic carbocycles. The zero-order valence-electron chi connectivity index (χ0n) is 8.39. The van der Waals surface area contributed by atoms with Gasteiger partial charge >= 0.3 is 13.1 Å². The molecule has 6 heteroatoms. The number of esters is 1. The van der Waals surface area contributed by atoms with E-state index in [1.54, 1.807) is 0 Å². The summed E-state index contributed by atoms with van der Waals surface area (Å²) in [4.78, 5) is 11.3. The summed E-state index contributed by atoms with van der Waals surface area (Å²) in [5.41, 5.74) is 0.0173. The second-order valence-corrected chi connectivity index (χ2v) is 3.76. The van der Waals surface area contributed by atoms with Gasteiger partial charge in [0.15, 0.2) is 11.6 Å². The molecule has 0 saturated heterocycles. The molecule has 2 rings (SSSR count). The summed E-state index contributed by atoms with van der Waals surface area (Å²) in [6.45, 7) is 0. The molecule has 0 aliphatic heterocycles. The fraction of sp³-hybridized carbons (Fsp3) is 0.300. The van der Waals surface area contributed by atoms with Crippen LogP contribution in [0.3, 0.4) is 0 Å². The normalized spacial score (nSPS) is 14.7. The molecule has 0 unspecified atom stereocenters. The van der Waals surface area contributed by atoms with Crippen LogP contribution in [0.2, 0.25) is 0 Å². The first-order valence-corrected chi connectivity index (χ1v) is 4.95. The molecule has 1 aromatic rings. The Kier molecular flexibility index (Phi) is 2.94. The van der Waals surface area contributed by atoms with Gasteiger partial charge in [-0.2, -0.15) is 0 Å². The molecule has 0 spiro atoms. The van der Waals surface area contributed by atoms with Crippen LogP contribution in [0.15, 0.2) is 18.2 Å². The fourth-order valence-corrected chi connectivity index (χ4v) is 1.27. The predicted octanol–water partition coefficient (Wildman–Crippen LogP) is -0.179. The molecule has 16 heavy (non-hydrogen) atoms. The van der Waals surface area contributed by atoms with E-state index in [0.717, 1.165) is 18.9 Å². The van der Waals surface area contributed by atoms with Gasteiger partial charge in [-0.05, 0) is 30.4 Å². The third-order valence-corrected chi connectivity index (χ3v) is 2.38. The van der Waals surface area contributed by atoms with E-state index in [0.29, 0.717) is 0 Å². The van der Waals surface area contributed by atoms with Gasteiger partial charge in [0, 0.05) is 0 Å². The molecule has 4 nitrogen and oxygen atoms in total. The number of carbonyl (C=O) groups excluding carboxylic acids is 1. The SMILES string of the molecule is O=C(Oc1ccc(B(O)O)cc1F)C1CC1. The van der Waals surface area contributed by atoms with Gasteiger partial charge in [-0.25, -0.2) is 4.39 Å². The minimum absolute atomic E-state index is 0.0173. The van der Waals surface area contributed by atoms with Crippen molar-refractivity contribution in [1.29, 1.82) is 0 Å². The molecule has 1 saturated carbocycles. The van der Waals surface area contributed by atoms with Crippen LogP contribution in [-0.2, 0) is 4.79 Å². The molecule has 1 fully saturated rings. The van der Waals surface area contributed by atoms with E-state index in [1.165, 1.54) is 12.1 Å². The third kappa shape index (κ3) is 2.40. The number of hydrogen-bond donors (Lipinski definition) is 2. The van der Waals surface area contributed by atoms with Crippen molar-refractivity contribution in [1.82, 2.24) is 0 Å². The van der Waals surface area contributed by atoms with Crippen molar-refractivity contribution in [2.75, 3.05) is 0 Å². The lowest BCUT2D eigenvalue weighted by atomic mass is 9.80. The summed E-state index contributed by atoms with van der Waals surface area (Å²) in [5, 5.41) is 17.6. The minimum Gasteiger partial charge on any atom is -0.423 e. The van der Waals surface area contributed by atoms with E-state index in [4.69, 9.17) is 14.8 Å². The molecule has 1 aliphatic carbocycles. The molecule has 1 aliphatic rings. The average Bonchev–Trinajstić information content (AvgIpc) is 3.03. The lowest BCUT2D eigenvalue weighted by Crippen LogP contribution is -2.30. The lowest BCUT2D eigenvalue weighted by Gasteiger charge is -2.06. The first kappa shape index (κ1) is 11.1. The summed E-state index contributed by atoms with van der Waals surface area (Å²) >= 11 is 0. The van der Waals surface area contributed by atoms with Crippen molar-refractivity contribution in [2.24, 2.45) is 5.92 Å². The van der Waals surface area contributed by atoms with E-state index < -0.39 is 18.9 Å². The standard InChI is InChI=1S/C10H10BFO4/c12-8-5-7(11(14)15)3-4-9(8)16-10(13)6-1-2-6/h3-6,14-15H,1-2H2.